The van der Waals surface area contributed by atoms with Crippen molar-refractivity contribution in [2.24, 2.45) is 0 Å². The number of nitriles is 1. The molecule has 2 aromatic rings. The number of halogens is 2. The number of pyridine rings is 1. The molecule has 0 radical (unpaired) electrons. The minimum absolute atomic E-state index is 0.0624. The highest BCUT2D eigenvalue weighted by Crippen LogP contribution is 2.38. The van der Waals surface area contributed by atoms with Gasteiger partial charge in [-0.1, -0.05) is 55.7 Å². The molecule has 1 aromatic carbocycles. The fraction of sp³-hybridized carbons (Fsp3) is 0.316. The maximum Gasteiger partial charge on any atom is 0.341 e. The quantitative estimate of drug-likeness (QED) is 0.590. The summed E-state index contributed by atoms with van der Waals surface area (Å²) in [5, 5.41) is 10.8. The number of carbonyl (C=O) groups is 1. The van der Waals surface area contributed by atoms with Crippen molar-refractivity contribution in [1.29, 1.82) is 5.26 Å². The molecule has 7 heteroatoms. The number of aromatic nitrogens is 1. The number of esters is 1. The van der Waals surface area contributed by atoms with Crippen LogP contribution in [0.15, 0.2) is 34.2 Å². The summed E-state index contributed by atoms with van der Waals surface area (Å²) in [4.78, 5) is 17.9. The number of ether oxygens (including phenoxy) is 1. The average Bonchev–Trinajstić information content (AvgIpc) is 2.56. The van der Waals surface area contributed by atoms with Crippen LogP contribution in [0.5, 0.6) is 0 Å². The van der Waals surface area contributed by atoms with Gasteiger partial charge >= 0.3 is 5.97 Å². The first-order valence-corrected chi connectivity index (χ1v) is 9.50. The van der Waals surface area contributed by atoms with Crippen LogP contribution in [-0.2, 0) is 10.2 Å². The second-order valence-corrected chi connectivity index (χ2v) is 8.34. The van der Waals surface area contributed by atoms with E-state index in [9.17, 15) is 10.1 Å². The van der Waals surface area contributed by atoms with Gasteiger partial charge in [-0.05, 0) is 31.2 Å². The van der Waals surface area contributed by atoms with Gasteiger partial charge in [-0.25, -0.2) is 9.78 Å². The summed E-state index contributed by atoms with van der Waals surface area (Å²) in [6, 6.07) is 9.21. The van der Waals surface area contributed by atoms with Gasteiger partial charge in [0.2, 0.25) is 0 Å². The third-order valence-corrected chi connectivity index (χ3v) is 5.05. The summed E-state index contributed by atoms with van der Waals surface area (Å²) in [6.45, 7) is 7.72. The van der Waals surface area contributed by atoms with Crippen LogP contribution >= 0.6 is 35.0 Å². The van der Waals surface area contributed by atoms with E-state index in [1.165, 1.54) is 11.8 Å². The zero-order valence-corrected chi connectivity index (χ0v) is 17.2. The molecule has 0 N–H and O–H groups in total. The fourth-order valence-corrected chi connectivity index (χ4v) is 3.73. The Morgan fingerprint density at radius 3 is 2.38 bits per heavy atom. The van der Waals surface area contributed by atoms with Crippen LogP contribution in [0.3, 0.4) is 0 Å². The number of rotatable bonds is 4. The lowest BCUT2D eigenvalue weighted by molar-refractivity contribution is 0.0525. The summed E-state index contributed by atoms with van der Waals surface area (Å²) < 4.78 is 5.11. The van der Waals surface area contributed by atoms with Crippen LogP contribution in [0.4, 0.5) is 0 Å². The van der Waals surface area contributed by atoms with Crippen molar-refractivity contribution in [1.82, 2.24) is 4.98 Å². The zero-order valence-electron chi connectivity index (χ0n) is 14.9. The summed E-state index contributed by atoms with van der Waals surface area (Å²) in [7, 11) is 0. The summed E-state index contributed by atoms with van der Waals surface area (Å²) in [5.74, 6) is -0.625. The molecule has 0 saturated carbocycles. The van der Waals surface area contributed by atoms with E-state index < -0.39 is 11.4 Å². The van der Waals surface area contributed by atoms with Crippen LogP contribution in [-0.4, -0.2) is 17.6 Å². The lowest BCUT2D eigenvalue weighted by Gasteiger charge is -2.22. The Labute approximate surface area is 167 Å². The molecule has 0 aliphatic heterocycles. The SMILES string of the molecule is CCOC(=O)c1c(Cl)c(C(C)(C)C)nc(Sc2ccc(Cl)cc2)c1C#N. The van der Waals surface area contributed by atoms with Crippen molar-refractivity contribution in [3.63, 3.8) is 0 Å². The number of benzene rings is 1. The van der Waals surface area contributed by atoms with Gasteiger partial charge in [0.15, 0.2) is 0 Å². The van der Waals surface area contributed by atoms with E-state index in [1.54, 1.807) is 19.1 Å². The molecule has 136 valence electrons. The molecular weight excluding hydrogens is 391 g/mol. The van der Waals surface area contributed by atoms with E-state index in [-0.39, 0.29) is 22.8 Å². The number of hydrogen-bond donors (Lipinski definition) is 0. The molecular formula is C19H18Cl2N2O2S. The third-order valence-electron chi connectivity index (χ3n) is 3.43. The van der Waals surface area contributed by atoms with Crippen LogP contribution in [0, 0.1) is 11.3 Å². The van der Waals surface area contributed by atoms with Gasteiger partial charge in [0.1, 0.15) is 22.2 Å². The Hall–Kier alpha value is -1.74. The number of nitrogens with zero attached hydrogens (tertiary/aromatic N) is 2. The van der Waals surface area contributed by atoms with E-state index >= 15 is 0 Å². The molecule has 1 aromatic heterocycles. The van der Waals surface area contributed by atoms with Gasteiger partial charge in [0, 0.05) is 15.3 Å². The summed E-state index contributed by atoms with van der Waals surface area (Å²) in [5.41, 5.74) is 0.299. The van der Waals surface area contributed by atoms with Crippen molar-refractivity contribution in [3.05, 3.63) is 51.1 Å². The fourth-order valence-electron chi connectivity index (χ4n) is 2.23. The highest BCUT2D eigenvalue weighted by atomic mass is 35.5. The maximum absolute atomic E-state index is 12.5. The average molecular weight is 409 g/mol. The molecule has 0 amide bonds. The zero-order chi connectivity index (χ0) is 19.5. The first-order chi connectivity index (χ1) is 12.2. The first-order valence-electron chi connectivity index (χ1n) is 7.93. The second-order valence-electron chi connectivity index (χ2n) is 6.47. The molecule has 0 saturated heterocycles. The molecule has 0 atom stereocenters. The van der Waals surface area contributed by atoms with Crippen LogP contribution in [0.25, 0.3) is 0 Å². The smallest absolute Gasteiger partial charge is 0.341 e. The predicted molar refractivity (Wildman–Crippen MR) is 104 cm³/mol. The van der Waals surface area contributed by atoms with E-state index in [0.717, 1.165) is 4.90 Å². The van der Waals surface area contributed by atoms with E-state index in [2.05, 4.69) is 11.1 Å². The van der Waals surface area contributed by atoms with Crippen molar-refractivity contribution in [2.75, 3.05) is 6.61 Å². The maximum atomic E-state index is 12.5. The van der Waals surface area contributed by atoms with Gasteiger partial charge in [-0.15, -0.1) is 0 Å². The van der Waals surface area contributed by atoms with Crippen LogP contribution in [0.2, 0.25) is 10.0 Å². The second kappa shape index (κ2) is 8.30. The van der Waals surface area contributed by atoms with Crippen LogP contribution in [0.1, 0.15) is 49.3 Å². The number of carbonyl (C=O) groups excluding carboxylic acids is 1. The normalized spacial score (nSPS) is 11.1. The molecule has 4 nitrogen and oxygen atoms in total. The van der Waals surface area contributed by atoms with E-state index in [4.69, 9.17) is 27.9 Å². The summed E-state index contributed by atoms with van der Waals surface area (Å²) in [6.07, 6.45) is 0. The highest BCUT2D eigenvalue weighted by Gasteiger charge is 2.30. The minimum atomic E-state index is -0.625. The van der Waals surface area contributed by atoms with E-state index in [0.29, 0.717) is 15.7 Å². The lowest BCUT2D eigenvalue weighted by Crippen LogP contribution is -2.19. The number of hydrogen-bond acceptors (Lipinski definition) is 5. The molecule has 0 bridgehead atoms. The molecule has 26 heavy (non-hydrogen) atoms. The highest BCUT2D eigenvalue weighted by molar-refractivity contribution is 7.99. The summed E-state index contributed by atoms with van der Waals surface area (Å²) >= 11 is 13.7. The molecule has 1 heterocycles. The van der Waals surface area contributed by atoms with Gasteiger partial charge in [-0.2, -0.15) is 5.26 Å². The van der Waals surface area contributed by atoms with Crippen molar-refractivity contribution in [3.8, 4) is 6.07 Å². The van der Waals surface area contributed by atoms with Crippen LogP contribution < -0.4 is 0 Å². The minimum Gasteiger partial charge on any atom is -0.462 e. The Bertz CT molecular complexity index is 869. The standard InChI is InChI=1S/C19H18Cl2N2O2S/c1-5-25-18(24)14-13(10-22)17(23-16(15(14)21)19(2,3)4)26-12-8-6-11(20)7-9-12/h6-9H,5H2,1-4H3. The molecule has 2 rings (SSSR count). The van der Waals surface area contributed by atoms with Crippen molar-refractivity contribution < 1.29 is 9.53 Å². The molecule has 0 spiro atoms. The van der Waals surface area contributed by atoms with Gasteiger partial charge in [0.05, 0.1) is 17.3 Å². The molecule has 0 aliphatic rings. The van der Waals surface area contributed by atoms with Crippen molar-refractivity contribution in [2.45, 2.75) is 43.0 Å². The van der Waals surface area contributed by atoms with Gasteiger partial charge in [-0.3, -0.25) is 0 Å². The Kier molecular flexibility index (Phi) is 6.57. The molecule has 0 aliphatic carbocycles. The first kappa shape index (κ1) is 20.6. The third kappa shape index (κ3) is 4.50. The van der Waals surface area contributed by atoms with Crippen molar-refractivity contribution >= 4 is 40.9 Å². The molecule has 0 unspecified atom stereocenters. The topological polar surface area (TPSA) is 63.0 Å². The monoisotopic (exact) mass is 408 g/mol. The van der Waals surface area contributed by atoms with Gasteiger partial charge < -0.3 is 4.74 Å². The van der Waals surface area contributed by atoms with E-state index in [1.807, 2.05) is 32.9 Å². The lowest BCUT2D eigenvalue weighted by atomic mass is 9.90. The Balaban J connectivity index is 2.69. The Morgan fingerprint density at radius 2 is 1.88 bits per heavy atom. The van der Waals surface area contributed by atoms with Gasteiger partial charge in [0.25, 0.3) is 0 Å². The molecule has 0 fully saturated rings. The largest absolute Gasteiger partial charge is 0.462 e. The predicted octanol–water partition coefficient (Wildman–Crippen LogP) is 5.89. The Morgan fingerprint density at radius 1 is 1.27 bits per heavy atom.